The Kier molecular flexibility index (Phi) is 3.00. The summed E-state index contributed by atoms with van der Waals surface area (Å²) in [4.78, 5) is 12.1. The van der Waals surface area contributed by atoms with E-state index in [0.29, 0.717) is 18.1 Å². The van der Waals surface area contributed by atoms with Gasteiger partial charge in [-0.05, 0) is 31.2 Å². The van der Waals surface area contributed by atoms with E-state index >= 15 is 0 Å². The lowest BCUT2D eigenvalue weighted by atomic mass is 10.1. The molecule has 1 aliphatic carbocycles. The van der Waals surface area contributed by atoms with Gasteiger partial charge in [0.1, 0.15) is 0 Å². The lowest BCUT2D eigenvalue weighted by Crippen LogP contribution is -2.31. The smallest absolute Gasteiger partial charge is 0.252 e. The fourth-order valence-electron chi connectivity index (χ4n) is 3.38. The van der Waals surface area contributed by atoms with Crippen LogP contribution < -0.4 is 10.9 Å². The van der Waals surface area contributed by atoms with E-state index in [0.717, 1.165) is 29.6 Å². The van der Waals surface area contributed by atoms with Crippen molar-refractivity contribution in [3.8, 4) is 0 Å². The van der Waals surface area contributed by atoms with E-state index < -0.39 is 0 Å². The minimum Gasteiger partial charge on any atom is -0.379 e. The molecule has 4 rings (SSSR count). The highest BCUT2D eigenvalue weighted by atomic mass is 16.5. The van der Waals surface area contributed by atoms with E-state index in [9.17, 15) is 4.79 Å². The van der Waals surface area contributed by atoms with Gasteiger partial charge in [0.25, 0.3) is 5.56 Å². The molecule has 1 aromatic carbocycles. The number of pyridine rings is 1. The Hall–Kier alpha value is -1.81. The summed E-state index contributed by atoms with van der Waals surface area (Å²) in [6.45, 7) is 0.821. The molecule has 0 spiro atoms. The van der Waals surface area contributed by atoms with Crippen LogP contribution in [0.15, 0.2) is 35.1 Å². The van der Waals surface area contributed by atoms with E-state index in [1.165, 1.54) is 12.8 Å². The summed E-state index contributed by atoms with van der Waals surface area (Å²) in [5.41, 5.74) is 1.93. The number of hydrogen-bond donors (Lipinski definition) is 1. The first-order chi connectivity index (χ1) is 10.2. The van der Waals surface area contributed by atoms with Gasteiger partial charge in [0.05, 0.1) is 17.7 Å². The van der Waals surface area contributed by atoms with Gasteiger partial charge in [-0.1, -0.05) is 18.2 Å². The highest BCUT2D eigenvalue weighted by Crippen LogP contribution is 2.40. The average molecular weight is 284 g/mol. The van der Waals surface area contributed by atoms with E-state index in [1.807, 2.05) is 25.2 Å². The van der Waals surface area contributed by atoms with Crippen LogP contribution in [-0.2, 0) is 11.8 Å². The van der Waals surface area contributed by atoms with E-state index in [-0.39, 0.29) is 5.56 Å². The standard InChI is InChI=1S/C17H20N2O2/c1-19-15-5-3-2-4-12(15)14(10-16(19)20)18-13-8-9-21-17(13)11-6-7-11/h2-5,10-11,13,17-18H,6-9H2,1H3. The molecule has 4 heteroatoms. The molecule has 2 aromatic rings. The molecule has 1 aromatic heterocycles. The van der Waals surface area contributed by atoms with Crippen LogP contribution in [0.3, 0.4) is 0 Å². The van der Waals surface area contributed by atoms with Gasteiger partial charge >= 0.3 is 0 Å². The summed E-state index contributed by atoms with van der Waals surface area (Å²) >= 11 is 0. The zero-order chi connectivity index (χ0) is 14.4. The monoisotopic (exact) mass is 284 g/mol. The minimum absolute atomic E-state index is 0.0260. The van der Waals surface area contributed by atoms with E-state index in [4.69, 9.17) is 4.74 Å². The van der Waals surface area contributed by atoms with Crippen molar-refractivity contribution in [2.45, 2.75) is 31.4 Å². The van der Waals surface area contributed by atoms with Gasteiger partial charge in [0, 0.05) is 30.8 Å². The van der Waals surface area contributed by atoms with Crippen LogP contribution in [0.2, 0.25) is 0 Å². The summed E-state index contributed by atoms with van der Waals surface area (Å²) in [5, 5.41) is 4.68. The van der Waals surface area contributed by atoms with Crippen molar-refractivity contribution in [1.29, 1.82) is 0 Å². The van der Waals surface area contributed by atoms with E-state index in [1.54, 1.807) is 10.6 Å². The molecular weight excluding hydrogens is 264 g/mol. The topological polar surface area (TPSA) is 43.3 Å². The second-order valence-electron chi connectivity index (χ2n) is 6.18. The molecular formula is C17H20N2O2. The Labute approximate surface area is 123 Å². The normalized spacial score (nSPS) is 25.4. The quantitative estimate of drug-likeness (QED) is 0.942. The lowest BCUT2D eigenvalue weighted by molar-refractivity contribution is 0.0899. The summed E-state index contributed by atoms with van der Waals surface area (Å²) in [6.07, 6.45) is 3.89. The van der Waals surface area contributed by atoms with Crippen molar-refractivity contribution in [2.24, 2.45) is 13.0 Å². The number of ether oxygens (including phenoxy) is 1. The molecule has 2 atom stereocenters. The van der Waals surface area contributed by atoms with Crippen LogP contribution in [0.5, 0.6) is 0 Å². The number of fused-ring (bicyclic) bond motifs is 1. The van der Waals surface area contributed by atoms with Gasteiger partial charge in [0.2, 0.25) is 0 Å². The highest BCUT2D eigenvalue weighted by molar-refractivity contribution is 5.91. The van der Waals surface area contributed by atoms with Crippen molar-refractivity contribution in [3.05, 3.63) is 40.7 Å². The average Bonchev–Trinajstić information content (AvgIpc) is 3.24. The Balaban J connectivity index is 1.73. The molecule has 0 radical (unpaired) electrons. The molecule has 1 saturated heterocycles. The molecule has 0 bridgehead atoms. The maximum absolute atomic E-state index is 12.1. The van der Waals surface area contributed by atoms with Gasteiger partial charge in [-0.15, -0.1) is 0 Å². The van der Waals surface area contributed by atoms with Crippen LogP contribution >= 0.6 is 0 Å². The largest absolute Gasteiger partial charge is 0.379 e. The van der Waals surface area contributed by atoms with Crippen molar-refractivity contribution in [1.82, 2.24) is 4.57 Å². The number of para-hydroxylation sites is 1. The number of rotatable bonds is 3. The first-order valence-electron chi connectivity index (χ1n) is 7.71. The zero-order valence-corrected chi connectivity index (χ0v) is 12.2. The SMILES string of the molecule is Cn1c(=O)cc(NC2CCOC2C2CC2)c2ccccc21. The van der Waals surface area contributed by atoms with Crippen LogP contribution in [0.25, 0.3) is 10.9 Å². The van der Waals surface area contributed by atoms with Gasteiger partial charge in [0.15, 0.2) is 0 Å². The van der Waals surface area contributed by atoms with Gasteiger partial charge in [-0.25, -0.2) is 0 Å². The third-order valence-corrected chi connectivity index (χ3v) is 4.72. The molecule has 2 aliphatic rings. The zero-order valence-electron chi connectivity index (χ0n) is 12.2. The van der Waals surface area contributed by atoms with Crippen LogP contribution in [-0.4, -0.2) is 23.3 Å². The van der Waals surface area contributed by atoms with Crippen molar-refractivity contribution >= 4 is 16.6 Å². The summed E-state index contributed by atoms with van der Waals surface area (Å²) in [7, 11) is 1.82. The van der Waals surface area contributed by atoms with Gasteiger partial charge in [-0.2, -0.15) is 0 Å². The van der Waals surface area contributed by atoms with Crippen LogP contribution in [0, 0.1) is 5.92 Å². The van der Waals surface area contributed by atoms with Crippen molar-refractivity contribution < 1.29 is 4.74 Å². The Morgan fingerprint density at radius 2 is 2.05 bits per heavy atom. The minimum atomic E-state index is 0.0260. The van der Waals surface area contributed by atoms with Crippen molar-refractivity contribution in [3.63, 3.8) is 0 Å². The maximum Gasteiger partial charge on any atom is 0.252 e. The Morgan fingerprint density at radius 1 is 1.24 bits per heavy atom. The number of aromatic nitrogens is 1. The molecule has 21 heavy (non-hydrogen) atoms. The molecule has 4 nitrogen and oxygen atoms in total. The second-order valence-corrected chi connectivity index (χ2v) is 6.18. The first kappa shape index (κ1) is 12.9. The fraction of sp³-hybridized carbons (Fsp3) is 0.471. The molecule has 1 aliphatic heterocycles. The predicted molar refractivity (Wildman–Crippen MR) is 83.7 cm³/mol. The summed E-state index contributed by atoms with van der Waals surface area (Å²) in [5.74, 6) is 0.711. The molecule has 1 N–H and O–H groups in total. The Bertz CT molecular complexity index is 733. The third kappa shape index (κ3) is 2.23. The van der Waals surface area contributed by atoms with E-state index in [2.05, 4.69) is 11.4 Å². The third-order valence-electron chi connectivity index (χ3n) is 4.72. The number of benzene rings is 1. The molecule has 110 valence electrons. The first-order valence-corrected chi connectivity index (χ1v) is 7.71. The number of nitrogens with zero attached hydrogens (tertiary/aromatic N) is 1. The molecule has 2 unspecified atom stereocenters. The molecule has 2 fully saturated rings. The number of hydrogen-bond acceptors (Lipinski definition) is 3. The van der Waals surface area contributed by atoms with Crippen LogP contribution in [0.1, 0.15) is 19.3 Å². The molecule has 0 amide bonds. The molecule has 1 saturated carbocycles. The Morgan fingerprint density at radius 3 is 2.86 bits per heavy atom. The van der Waals surface area contributed by atoms with Crippen LogP contribution in [0.4, 0.5) is 5.69 Å². The predicted octanol–water partition coefficient (Wildman–Crippen LogP) is 2.52. The fourth-order valence-corrected chi connectivity index (χ4v) is 3.38. The number of aryl methyl sites for hydroxylation is 1. The highest BCUT2D eigenvalue weighted by Gasteiger charge is 2.40. The number of anilines is 1. The van der Waals surface area contributed by atoms with Crippen molar-refractivity contribution in [2.75, 3.05) is 11.9 Å². The number of nitrogens with one attached hydrogen (secondary N) is 1. The molecule has 2 heterocycles. The van der Waals surface area contributed by atoms with Gasteiger partial charge < -0.3 is 14.6 Å². The second kappa shape index (κ2) is 4.88. The summed E-state index contributed by atoms with van der Waals surface area (Å²) < 4.78 is 7.58. The van der Waals surface area contributed by atoms with Gasteiger partial charge in [-0.3, -0.25) is 4.79 Å². The maximum atomic E-state index is 12.1. The summed E-state index contributed by atoms with van der Waals surface area (Å²) in [6, 6.07) is 10.1. The lowest BCUT2D eigenvalue weighted by Gasteiger charge is -2.22.